The van der Waals surface area contributed by atoms with E-state index in [2.05, 4.69) is 4.90 Å². The Morgan fingerprint density at radius 1 is 1.00 bits per heavy atom. The van der Waals surface area contributed by atoms with Gasteiger partial charge in [0.25, 0.3) is 5.91 Å². The van der Waals surface area contributed by atoms with Gasteiger partial charge in [-0.25, -0.2) is 8.78 Å². The highest BCUT2D eigenvalue weighted by Gasteiger charge is 2.23. The monoisotopic (exact) mass is 360 g/mol. The van der Waals surface area contributed by atoms with Gasteiger partial charge in [-0.05, 0) is 36.8 Å². The number of hydrogen-bond acceptors (Lipinski definition) is 3. The number of benzene rings is 2. The predicted octanol–water partition coefficient (Wildman–Crippen LogP) is 3.32. The highest BCUT2D eigenvalue weighted by molar-refractivity contribution is 5.94. The van der Waals surface area contributed by atoms with Gasteiger partial charge in [0.1, 0.15) is 17.4 Å². The van der Waals surface area contributed by atoms with Crippen molar-refractivity contribution in [3.05, 3.63) is 65.2 Å². The molecule has 1 fully saturated rings. The third-order valence-corrected chi connectivity index (χ3v) is 4.41. The van der Waals surface area contributed by atoms with Crippen molar-refractivity contribution < 1.29 is 18.3 Å². The Kier molecular flexibility index (Phi) is 5.83. The number of amides is 1. The van der Waals surface area contributed by atoms with Crippen molar-refractivity contribution in [2.75, 3.05) is 32.8 Å². The Bertz CT molecular complexity index is 737. The molecular weight excluding hydrogens is 338 g/mol. The van der Waals surface area contributed by atoms with Gasteiger partial charge in [-0.3, -0.25) is 9.69 Å². The molecule has 0 aromatic heterocycles. The molecule has 0 spiro atoms. The Balaban J connectivity index is 1.54. The maximum atomic E-state index is 13.3. The maximum Gasteiger partial charge on any atom is 0.254 e. The fourth-order valence-electron chi connectivity index (χ4n) is 3.08. The minimum absolute atomic E-state index is 0.0578. The van der Waals surface area contributed by atoms with Gasteiger partial charge in [0, 0.05) is 44.4 Å². The van der Waals surface area contributed by atoms with E-state index >= 15 is 0 Å². The number of nitrogens with zero attached hydrogens (tertiary/aromatic N) is 2. The standard InChI is InChI=1S/C20H22F2N2O2/c1-2-26-19-5-3-15(4-6-19)14-23-7-9-24(10-8-23)20(25)16-11-17(21)13-18(22)12-16/h3-6,11-13H,2,7-10,14H2,1H3. The van der Waals surface area contributed by atoms with Gasteiger partial charge in [-0.1, -0.05) is 12.1 Å². The van der Waals surface area contributed by atoms with Gasteiger partial charge in [0.15, 0.2) is 0 Å². The minimum atomic E-state index is -0.734. The smallest absolute Gasteiger partial charge is 0.254 e. The van der Waals surface area contributed by atoms with Crippen molar-refractivity contribution in [1.29, 1.82) is 0 Å². The van der Waals surface area contributed by atoms with E-state index in [1.165, 1.54) is 5.56 Å². The lowest BCUT2D eigenvalue weighted by atomic mass is 10.1. The molecule has 26 heavy (non-hydrogen) atoms. The molecule has 1 amide bonds. The van der Waals surface area contributed by atoms with Crippen LogP contribution < -0.4 is 4.74 Å². The molecule has 0 bridgehead atoms. The summed E-state index contributed by atoms with van der Waals surface area (Å²) in [4.78, 5) is 16.3. The van der Waals surface area contributed by atoms with E-state index in [0.717, 1.165) is 43.6 Å². The minimum Gasteiger partial charge on any atom is -0.494 e. The SMILES string of the molecule is CCOc1ccc(CN2CCN(C(=O)c3cc(F)cc(F)c3)CC2)cc1. The van der Waals surface area contributed by atoms with Gasteiger partial charge in [0.2, 0.25) is 0 Å². The number of rotatable bonds is 5. The number of hydrogen-bond donors (Lipinski definition) is 0. The Labute approximate surface area is 152 Å². The van der Waals surface area contributed by atoms with Crippen LogP contribution in [0.5, 0.6) is 5.75 Å². The first-order valence-corrected chi connectivity index (χ1v) is 8.74. The molecule has 0 aliphatic carbocycles. The predicted molar refractivity (Wildman–Crippen MR) is 95.1 cm³/mol. The van der Waals surface area contributed by atoms with Crippen LogP contribution in [0, 0.1) is 11.6 Å². The molecule has 1 heterocycles. The van der Waals surface area contributed by atoms with Crippen molar-refractivity contribution in [3.8, 4) is 5.75 Å². The van der Waals surface area contributed by atoms with E-state index in [9.17, 15) is 13.6 Å². The van der Waals surface area contributed by atoms with Crippen LogP contribution in [0.2, 0.25) is 0 Å². The van der Waals surface area contributed by atoms with Crippen LogP contribution in [-0.2, 0) is 6.54 Å². The van der Waals surface area contributed by atoms with Crippen LogP contribution in [0.15, 0.2) is 42.5 Å². The second-order valence-corrected chi connectivity index (χ2v) is 6.30. The highest BCUT2D eigenvalue weighted by Crippen LogP contribution is 2.16. The number of ether oxygens (including phenoxy) is 1. The Hall–Kier alpha value is -2.47. The van der Waals surface area contributed by atoms with Crippen LogP contribution in [0.1, 0.15) is 22.8 Å². The molecular formula is C20H22F2N2O2. The summed E-state index contributed by atoms with van der Waals surface area (Å²) >= 11 is 0. The zero-order valence-electron chi connectivity index (χ0n) is 14.8. The molecule has 1 aliphatic heterocycles. The summed E-state index contributed by atoms with van der Waals surface area (Å²) in [5.41, 5.74) is 1.24. The normalized spacial score (nSPS) is 15.1. The molecule has 4 nitrogen and oxygen atoms in total. The average molecular weight is 360 g/mol. The zero-order valence-corrected chi connectivity index (χ0v) is 14.8. The van der Waals surface area contributed by atoms with E-state index in [1.807, 2.05) is 31.2 Å². The average Bonchev–Trinajstić information content (AvgIpc) is 2.63. The topological polar surface area (TPSA) is 32.8 Å². The first-order valence-electron chi connectivity index (χ1n) is 8.74. The first-order chi connectivity index (χ1) is 12.5. The Morgan fingerprint density at radius 3 is 2.19 bits per heavy atom. The van der Waals surface area contributed by atoms with Gasteiger partial charge < -0.3 is 9.64 Å². The lowest BCUT2D eigenvalue weighted by Gasteiger charge is -2.34. The van der Waals surface area contributed by atoms with Crippen LogP contribution in [-0.4, -0.2) is 48.5 Å². The molecule has 1 saturated heterocycles. The van der Waals surface area contributed by atoms with Crippen LogP contribution in [0.25, 0.3) is 0 Å². The van der Waals surface area contributed by atoms with Crippen LogP contribution in [0.3, 0.4) is 0 Å². The number of carbonyl (C=O) groups is 1. The molecule has 2 aromatic rings. The zero-order chi connectivity index (χ0) is 18.5. The molecule has 3 rings (SSSR count). The van der Waals surface area contributed by atoms with Crippen molar-refractivity contribution in [2.24, 2.45) is 0 Å². The number of piperazine rings is 1. The first kappa shape index (κ1) is 18.3. The Morgan fingerprint density at radius 2 is 1.62 bits per heavy atom. The summed E-state index contributed by atoms with van der Waals surface area (Å²) in [6.07, 6.45) is 0. The molecule has 6 heteroatoms. The van der Waals surface area contributed by atoms with E-state index in [-0.39, 0.29) is 11.5 Å². The summed E-state index contributed by atoms with van der Waals surface area (Å²) < 4.78 is 32.1. The van der Waals surface area contributed by atoms with E-state index in [1.54, 1.807) is 4.90 Å². The molecule has 2 aromatic carbocycles. The lowest BCUT2D eigenvalue weighted by molar-refractivity contribution is 0.0627. The third-order valence-electron chi connectivity index (χ3n) is 4.41. The molecule has 138 valence electrons. The van der Waals surface area contributed by atoms with E-state index in [4.69, 9.17) is 4.74 Å². The molecule has 0 N–H and O–H groups in total. The summed E-state index contributed by atoms with van der Waals surface area (Å²) in [6, 6.07) is 10.9. The highest BCUT2D eigenvalue weighted by atomic mass is 19.1. The summed E-state index contributed by atoms with van der Waals surface area (Å²) in [5.74, 6) is -0.942. The van der Waals surface area contributed by atoms with Crippen LogP contribution >= 0.6 is 0 Å². The molecule has 0 atom stereocenters. The second kappa shape index (κ2) is 8.27. The maximum absolute atomic E-state index is 13.3. The number of halogens is 2. The van der Waals surface area contributed by atoms with Gasteiger partial charge in [-0.2, -0.15) is 0 Å². The fourth-order valence-corrected chi connectivity index (χ4v) is 3.08. The largest absolute Gasteiger partial charge is 0.494 e. The van der Waals surface area contributed by atoms with Crippen molar-refractivity contribution in [1.82, 2.24) is 9.80 Å². The second-order valence-electron chi connectivity index (χ2n) is 6.30. The van der Waals surface area contributed by atoms with Crippen molar-refractivity contribution >= 4 is 5.91 Å². The quantitative estimate of drug-likeness (QED) is 0.820. The number of carbonyl (C=O) groups excluding carboxylic acids is 1. The van der Waals surface area contributed by atoms with Crippen molar-refractivity contribution in [2.45, 2.75) is 13.5 Å². The lowest BCUT2D eigenvalue weighted by Crippen LogP contribution is -2.48. The molecule has 0 saturated carbocycles. The molecule has 0 unspecified atom stereocenters. The van der Waals surface area contributed by atoms with E-state index in [0.29, 0.717) is 19.7 Å². The summed E-state index contributed by atoms with van der Waals surface area (Å²) in [5, 5.41) is 0. The third kappa shape index (κ3) is 4.58. The summed E-state index contributed by atoms with van der Waals surface area (Å²) in [7, 11) is 0. The van der Waals surface area contributed by atoms with Gasteiger partial charge >= 0.3 is 0 Å². The van der Waals surface area contributed by atoms with Crippen LogP contribution in [0.4, 0.5) is 8.78 Å². The summed E-state index contributed by atoms with van der Waals surface area (Å²) in [6.45, 7) is 5.90. The molecule has 1 aliphatic rings. The van der Waals surface area contributed by atoms with E-state index < -0.39 is 11.6 Å². The van der Waals surface area contributed by atoms with Crippen molar-refractivity contribution in [3.63, 3.8) is 0 Å². The van der Waals surface area contributed by atoms with Gasteiger partial charge in [-0.15, -0.1) is 0 Å². The van der Waals surface area contributed by atoms with Gasteiger partial charge in [0.05, 0.1) is 6.61 Å². The fraction of sp³-hybridized carbons (Fsp3) is 0.350. The molecule has 0 radical (unpaired) electrons.